The molecule has 1 aromatic carbocycles. The van der Waals surface area contributed by atoms with Gasteiger partial charge in [-0.15, -0.1) is 0 Å². The molecule has 8 nitrogen and oxygen atoms in total. The van der Waals surface area contributed by atoms with Crippen LogP contribution in [-0.4, -0.2) is 46.5 Å². The molecule has 1 aliphatic rings. The maximum absolute atomic E-state index is 12.5. The normalized spacial score (nSPS) is 17.3. The van der Waals surface area contributed by atoms with Crippen LogP contribution in [0.4, 0.5) is 0 Å². The summed E-state index contributed by atoms with van der Waals surface area (Å²) in [4.78, 5) is 39.9. The lowest BCUT2D eigenvalue weighted by Gasteiger charge is -2.32. The standard InChI is InChI=1S/C17H20N4O4/c22-15(18-9-8-14-19-17(24)25-20-14)13-7-4-10-21(11-13)16(23)12-5-2-1-3-6-12/h1-3,5-6,13H,4,7-11H2,(H,18,22)(H,19,20,24)/t13-/m0/s1. The number of hydrogen-bond donors (Lipinski definition) is 2. The second kappa shape index (κ2) is 7.78. The molecule has 25 heavy (non-hydrogen) atoms. The SMILES string of the molecule is O=C(NCCc1noc(=O)[nH]1)[C@H]1CCCN(C(=O)c2ccccc2)C1. The molecule has 1 aromatic heterocycles. The van der Waals surface area contributed by atoms with E-state index in [2.05, 4.69) is 20.0 Å². The first-order valence-electron chi connectivity index (χ1n) is 8.30. The number of H-pyrrole nitrogens is 1. The first kappa shape index (κ1) is 16.9. The van der Waals surface area contributed by atoms with Gasteiger partial charge in [-0.05, 0) is 25.0 Å². The van der Waals surface area contributed by atoms with Gasteiger partial charge in [0.1, 0.15) is 0 Å². The number of carbonyl (C=O) groups excluding carboxylic acids is 2. The molecule has 0 saturated carbocycles. The smallest absolute Gasteiger partial charge is 0.355 e. The van der Waals surface area contributed by atoms with Crippen LogP contribution in [0.5, 0.6) is 0 Å². The lowest BCUT2D eigenvalue weighted by Crippen LogP contribution is -2.45. The predicted molar refractivity (Wildman–Crippen MR) is 88.9 cm³/mol. The molecule has 2 aromatic rings. The fourth-order valence-electron chi connectivity index (χ4n) is 2.96. The van der Waals surface area contributed by atoms with Crippen molar-refractivity contribution in [2.24, 2.45) is 5.92 Å². The fourth-order valence-corrected chi connectivity index (χ4v) is 2.96. The molecule has 3 rings (SSSR count). The highest BCUT2D eigenvalue weighted by Crippen LogP contribution is 2.18. The number of aromatic amines is 1. The third-order valence-corrected chi connectivity index (χ3v) is 4.25. The van der Waals surface area contributed by atoms with E-state index in [-0.39, 0.29) is 17.7 Å². The highest BCUT2D eigenvalue weighted by atomic mass is 16.5. The fraction of sp³-hybridized carbons (Fsp3) is 0.412. The third-order valence-electron chi connectivity index (χ3n) is 4.25. The maximum atomic E-state index is 12.5. The molecule has 1 atom stereocenters. The monoisotopic (exact) mass is 344 g/mol. The molecule has 132 valence electrons. The van der Waals surface area contributed by atoms with Crippen molar-refractivity contribution >= 4 is 11.8 Å². The number of aromatic nitrogens is 2. The van der Waals surface area contributed by atoms with Crippen molar-refractivity contribution in [3.8, 4) is 0 Å². The van der Waals surface area contributed by atoms with Crippen LogP contribution in [0.3, 0.4) is 0 Å². The van der Waals surface area contributed by atoms with Crippen molar-refractivity contribution in [3.63, 3.8) is 0 Å². The van der Waals surface area contributed by atoms with Gasteiger partial charge < -0.3 is 10.2 Å². The Bertz CT molecular complexity index is 783. The average Bonchev–Trinajstić information content (AvgIpc) is 3.07. The molecule has 1 aliphatic heterocycles. The minimum Gasteiger partial charge on any atom is -0.355 e. The molecule has 1 saturated heterocycles. The zero-order valence-corrected chi connectivity index (χ0v) is 13.7. The summed E-state index contributed by atoms with van der Waals surface area (Å²) in [5.74, 6) is -0.564. The molecule has 2 heterocycles. The third kappa shape index (κ3) is 4.34. The van der Waals surface area contributed by atoms with E-state index in [1.165, 1.54) is 0 Å². The molecule has 8 heteroatoms. The van der Waals surface area contributed by atoms with Gasteiger partial charge in [0, 0.05) is 31.6 Å². The van der Waals surface area contributed by atoms with E-state index in [1.54, 1.807) is 17.0 Å². The summed E-state index contributed by atoms with van der Waals surface area (Å²) in [6, 6.07) is 9.09. The number of piperidine rings is 1. The maximum Gasteiger partial charge on any atom is 0.438 e. The molecular weight excluding hydrogens is 324 g/mol. The van der Waals surface area contributed by atoms with Crippen molar-refractivity contribution in [1.82, 2.24) is 20.4 Å². The molecule has 0 unspecified atom stereocenters. The Hall–Kier alpha value is -2.90. The van der Waals surface area contributed by atoms with Crippen LogP contribution in [0.25, 0.3) is 0 Å². The number of likely N-dealkylation sites (tertiary alicyclic amines) is 1. The Morgan fingerprint density at radius 1 is 1.32 bits per heavy atom. The van der Waals surface area contributed by atoms with Gasteiger partial charge in [-0.2, -0.15) is 0 Å². The van der Waals surface area contributed by atoms with Gasteiger partial charge in [0.15, 0.2) is 5.82 Å². The van der Waals surface area contributed by atoms with Crippen molar-refractivity contribution in [2.45, 2.75) is 19.3 Å². The highest BCUT2D eigenvalue weighted by Gasteiger charge is 2.28. The second-order valence-corrected chi connectivity index (χ2v) is 6.04. The Kier molecular flexibility index (Phi) is 5.27. The van der Waals surface area contributed by atoms with Crippen molar-refractivity contribution < 1.29 is 14.1 Å². The van der Waals surface area contributed by atoms with Crippen LogP contribution in [0.1, 0.15) is 29.0 Å². The van der Waals surface area contributed by atoms with Crippen LogP contribution >= 0.6 is 0 Å². The Morgan fingerprint density at radius 3 is 2.84 bits per heavy atom. The van der Waals surface area contributed by atoms with Crippen LogP contribution in [-0.2, 0) is 11.2 Å². The van der Waals surface area contributed by atoms with Crippen LogP contribution in [0, 0.1) is 5.92 Å². The minimum absolute atomic E-state index is 0.0433. The summed E-state index contributed by atoms with van der Waals surface area (Å²) in [6.07, 6.45) is 1.94. The van der Waals surface area contributed by atoms with Gasteiger partial charge in [-0.3, -0.25) is 19.1 Å². The Balaban J connectivity index is 1.51. The van der Waals surface area contributed by atoms with Gasteiger partial charge in [-0.25, -0.2) is 4.79 Å². The van der Waals surface area contributed by atoms with Gasteiger partial charge >= 0.3 is 5.76 Å². The topological polar surface area (TPSA) is 108 Å². The summed E-state index contributed by atoms with van der Waals surface area (Å²) >= 11 is 0. The summed E-state index contributed by atoms with van der Waals surface area (Å²) in [5.41, 5.74) is 0.638. The summed E-state index contributed by atoms with van der Waals surface area (Å²) in [6.45, 7) is 1.43. The number of amides is 2. The lowest BCUT2D eigenvalue weighted by atomic mass is 9.96. The van der Waals surface area contributed by atoms with Gasteiger partial charge in [-0.1, -0.05) is 23.4 Å². The number of carbonyl (C=O) groups is 2. The number of rotatable bonds is 5. The van der Waals surface area contributed by atoms with Crippen molar-refractivity contribution in [1.29, 1.82) is 0 Å². The first-order valence-corrected chi connectivity index (χ1v) is 8.30. The van der Waals surface area contributed by atoms with E-state index in [0.29, 0.717) is 37.4 Å². The molecule has 2 N–H and O–H groups in total. The molecule has 0 spiro atoms. The number of hydrogen-bond acceptors (Lipinski definition) is 5. The molecule has 0 bridgehead atoms. The zero-order valence-electron chi connectivity index (χ0n) is 13.7. The van der Waals surface area contributed by atoms with E-state index in [1.807, 2.05) is 18.2 Å². The lowest BCUT2D eigenvalue weighted by molar-refractivity contribution is -0.126. The Morgan fingerprint density at radius 2 is 2.12 bits per heavy atom. The number of benzene rings is 1. The average molecular weight is 344 g/mol. The quantitative estimate of drug-likeness (QED) is 0.824. The van der Waals surface area contributed by atoms with E-state index in [4.69, 9.17) is 0 Å². The summed E-state index contributed by atoms with van der Waals surface area (Å²) < 4.78 is 4.40. The molecule has 2 amide bonds. The van der Waals surface area contributed by atoms with Crippen molar-refractivity contribution in [3.05, 3.63) is 52.3 Å². The van der Waals surface area contributed by atoms with Gasteiger partial charge in [0.25, 0.3) is 5.91 Å². The minimum atomic E-state index is -0.608. The molecule has 0 radical (unpaired) electrons. The highest BCUT2D eigenvalue weighted by molar-refractivity contribution is 5.94. The van der Waals surface area contributed by atoms with Crippen LogP contribution in [0.2, 0.25) is 0 Å². The van der Waals surface area contributed by atoms with Gasteiger partial charge in [0.2, 0.25) is 5.91 Å². The number of nitrogens with one attached hydrogen (secondary N) is 2. The van der Waals surface area contributed by atoms with Crippen molar-refractivity contribution in [2.75, 3.05) is 19.6 Å². The van der Waals surface area contributed by atoms with Gasteiger partial charge in [0.05, 0.1) is 5.92 Å². The molecular formula is C17H20N4O4. The zero-order chi connectivity index (χ0) is 17.6. The summed E-state index contributed by atoms with van der Waals surface area (Å²) in [7, 11) is 0. The first-order chi connectivity index (χ1) is 12.1. The van der Waals surface area contributed by atoms with E-state index in [0.717, 1.165) is 12.8 Å². The summed E-state index contributed by atoms with van der Waals surface area (Å²) in [5, 5.41) is 6.38. The number of nitrogens with zero attached hydrogens (tertiary/aromatic N) is 2. The van der Waals surface area contributed by atoms with Crippen LogP contribution < -0.4 is 11.1 Å². The molecule has 0 aliphatic carbocycles. The van der Waals surface area contributed by atoms with Crippen LogP contribution in [0.15, 0.2) is 39.6 Å². The largest absolute Gasteiger partial charge is 0.438 e. The second-order valence-electron chi connectivity index (χ2n) is 6.04. The van der Waals surface area contributed by atoms with E-state index in [9.17, 15) is 14.4 Å². The Labute approximate surface area is 144 Å². The van der Waals surface area contributed by atoms with E-state index >= 15 is 0 Å². The van der Waals surface area contributed by atoms with E-state index < -0.39 is 5.76 Å². The predicted octanol–water partition coefficient (Wildman–Crippen LogP) is 0.574. The molecule has 1 fully saturated rings.